The lowest BCUT2D eigenvalue weighted by Gasteiger charge is -2.17. The number of alkyl carbamates (subject to hydrolysis) is 1. The van der Waals surface area contributed by atoms with Gasteiger partial charge in [-0.25, -0.2) is 18.7 Å². The van der Waals surface area contributed by atoms with E-state index in [1.54, 1.807) is 0 Å². The van der Waals surface area contributed by atoms with Gasteiger partial charge >= 0.3 is 12.5 Å². The van der Waals surface area contributed by atoms with Gasteiger partial charge < -0.3 is 20.1 Å². The number of halogens is 4. The molecule has 12 nitrogen and oxygen atoms in total. The third kappa shape index (κ3) is 5.57. The number of aromatic amines is 1. The average Bonchev–Trinajstić information content (AvgIpc) is 3.19. The van der Waals surface area contributed by atoms with Crippen LogP contribution in [0, 0.1) is 11.3 Å². The van der Waals surface area contributed by atoms with Crippen LogP contribution in [0.2, 0.25) is 0 Å². The molecule has 1 amide bonds. The van der Waals surface area contributed by atoms with Gasteiger partial charge in [0, 0.05) is 11.6 Å². The maximum Gasteiger partial charge on any atom is 0.522 e. The lowest BCUT2D eigenvalue weighted by atomic mass is 10.1. The van der Waals surface area contributed by atoms with Gasteiger partial charge in [-0.2, -0.15) is 15.5 Å². The number of aromatic nitrogens is 5. The number of carbonyl (C=O) groups is 1. The first-order chi connectivity index (χ1) is 17.5. The monoisotopic (exact) mass is 524 g/mol. The molecule has 0 unspecified atom stereocenters. The standard InChI is InChI=1S/C21H20F4N8O4/c1-20(2-3-20)29-19(34)37-14-9-35-17(16(14)22)12-5-15(31-30-12)28-18-13-4-10(8-36-21(23,24)25)32-33(13)7-11(6-26)27-18/h4-5,7,14,16-17H,2-3,8-9H2,1H3,(H,29,34)(H2,27,28,30,31)/t14-,16+,17-/m0/s1. The first kappa shape index (κ1) is 24.7. The third-order valence-electron chi connectivity index (χ3n) is 5.90. The highest BCUT2D eigenvalue weighted by Crippen LogP contribution is 2.36. The first-order valence-electron chi connectivity index (χ1n) is 11.1. The SMILES string of the molecule is CC1(NC(=O)O[C@H]2CO[C@@H](c3cc(Nc4nc(C#N)cn5nc(COC(F)(F)F)cc45)n[nH]3)[C@@H]2F)CC1. The van der Waals surface area contributed by atoms with Crippen molar-refractivity contribution in [2.45, 2.75) is 56.7 Å². The molecular weight excluding hydrogens is 504 g/mol. The molecule has 2 fully saturated rings. The first-order valence-corrected chi connectivity index (χ1v) is 11.1. The molecule has 0 aromatic carbocycles. The van der Waals surface area contributed by atoms with E-state index in [9.17, 15) is 27.6 Å². The van der Waals surface area contributed by atoms with Crippen molar-refractivity contribution in [1.29, 1.82) is 5.26 Å². The molecule has 1 saturated carbocycles. The van der Waals surface area contributed by atoms with E-state index in [2.05, 4.69) is 35.7 Å². The van der Waals surface area contributed by atoms with Crippen molar-refractivity contribution in [2.24, 2.45) is 0 Å². The molecule has 16 heteroatoms. The Morgan fingerprint density at radius 2 is 2.19 bits per heavy atom. The zero-order valence-electron chi connectivity index (χ0n) is 19.2. The average molecular weight is 524 g/mol. The molecule has 0 spiro atoms. The lowest BCUT2D eigenvalue weighted by Crippen LogP contribution is -2.39. The Morgan fingerprint density at radius 1 is 1.41 bits per heavy atom. The fourth-order valence-corrected chi connectivity index (χ4v) is 3.75. The summed E-state index contributed by atoms with van der Waals surface area (Å²) in [6.45, 7) is 0.879. The number of hydrogen-bond acceptors (Lipinski definition) is 9. The highest BCUT2D eigenvalue weighted by molar-refractivity contribution is 5.73. The molecule has 0 bridgehead atoms. The van der Waals surface area contributed by atoms with Crippen molar-refractivity contribution in [1.82, 2.24) is 30.1 Å². The van der Waals surface area contributed by atoms with Crippen LogP contribution >= 0.6 is 0 Å². The third-order valence-corrected chi connectivity index (χ3v) is 5.90. The number of fused-ring (bicyclic) bond motifs is 1. The number of nitrogens with one attached hydrogen (secondary N) is 3. The molecule has 3 aromatic rings. The van der Waals surface area contributed by atoms with Gasteiger partial charge in [0.05, 0.1) is 24.2 Å². The zero-order chi connectivity index (χ0) is 26.4. The molecule has 37 heavy (non-hydrogen) atoms. The Hall–Kier alpha value is -3.97. The van der Waals surface area contributed by atoms with Gasteiger partial charge in [0.1, 0.15) is 24.3 Å². The van der Waals surface area contributed by atoms with Crippen molar-refractivity contribution < 1.29 is 36.6 Å². The molecule has 1 aliphatic carbocycles. The van der Waals surface area contributed by atoms with E-state index in [1.165, 1.54) is 22.8 Å². The number of hydrogen-bond donors (Lipinski definition) is 3. The van der Waals surface area contributed by atoms with E-state index in [0.29, 0.717) is 0 Å². The maximum atomic E-state index is 15.0. The number of nitrogens with zero attached hydrogens (tertiary/aromatic N) is 5. The van der Waals surface area contributed by atoms with Crippen molar-refractivity contribution >= 4 is 23.2 Å². The van der Waals surface area contributed by atoms with E-state index >= 15 is 0 Å². The van der Waals surface area contributed by atoms with Gasteiger partial charge in [-0.1, -0.05) is 0 Å². The van der Waals surface area contributed by atoms with Crippen LogP contribution in [0.5, 0.6) is 0 Å². The molecule has 5 rings (SSSR count). The van der Waals surface area contributed by atoms with Crippen LogP contribution in [0.25, 0.3) is 5.52 Å². The fraction of sp³-hybridized carbons (Fsp3) is 0.476. The van der Waals surface area contributed by atoms with Crippen LogP contribution in [-0.4, -0.2) is 61.7 Å². The molecular formula is C21H20F4N8O4. The minimum atomic E-state index is -4.84. The van der Waals surface area contributed by atoms with Gasteiger partial charge in [0.25, 0.3) is 0 Å². The number of H-pyrrole nitrogens is 1. The smallest absolute Gasteiger partial charge is 0.441 e. The van der Waals surface area contributed by atoms with E-state index in [4.69, 9.17) is 9.47 Å². The maximum absolute atomic E-state index is 15.0. The summed E-state index contributed by atoms with van der Waals surface area (Å²) in [6.07, 6.45) is -6.50. The molecule has 3 atom stereocenters. The molecule has 1 aliphatic heterocycles. The quantitative estimate of drug-likeness (QED) is 0.396. The minimum absolute atomic E-state index is 0.0506. The van der Waals surface area contributed by atoms with Crippen molar-refractivity contribution in [3.63, 3.8) is 0 Å². The van der Waals surface area contributed by atoms with Crippen LogP contribution < -0.4 is 10.6 Å². The molecule has 196 valence electrons. The Kier molecular flexibility index (Phi) is 6.12. The fourth-order valence-electron chi connectivity index (χ4n) is 3.75. The van der Waals surface area contributed by atoms with Crippen molar-refractivity contribution in [3.05, 3.63) is 35.4 Å². The van der Waals surface area contributed by atoms with Crippen LogP contribution in [0.3, 0.4) is 0 Å². The number of alkyl halides is 4. The van der Waals surface area contributed by atoms with Gasteiger partial charge in [-0.05, 0) is 25.8 Å². The van der Waals surface area contributed by atoms with Gasteiger partial charge in [-0.15, -0.1) is 13.2 Å². The molecule has 2 aliphatic rings. The number of anilines is 2. The van der Waals surface area contributed by atoms with Crippen LogP contribution in [-0.2, 0) is 20.8 Å². The Morgan fingerprint density at radius 3 is 2.89 bits per heavy atom. The van der Waals surface area contributed by atoms with Gasteiger partial charge in [0.2, 0.25) is 0 Å². The highest BCUT2D eigenvalue weighted by Gasteiger charge is 2.44. The Bertz CT molecular complexity index is 1360. The largest absolute Gasteiger partial charge is 0.522 e. The van der Waals surface area contributed by atoms with Crippen LogP contribution in [0.1, 0.15) is 43.0 Å². The minimum Gasteiger partial charge on any atom is -0.441 e. The van der Waals surface area contributed by atoms with Crippen LogP contribution in [0.4, 0.5) is 34.0 Å². The summed E-state index contributed by atoms with van der Waals surface area (Å²) in [4.78, 5) is 16.1. The molecule has 0 radical (unpaired) electrons. The normalized spacial score (nSPS) is 22.5. The van der Waals surface area contributed by atoms with Gasteiger partial charge in [-0.3, -0.25) is 9.84 Å². The number of amides is 1. The Balaban J connectivity index is 1.29. The number of carbonyl (C=O) groups excluding carboxylic acids is 1. The summed E-state index contributed by atoms with van der Waals surface area (Å²) in [5.74, 6) is 0.229. The van der Waals surface area contributed by atoms with E-state index in [0.717, 1.165) is 12.8 Å². The second kappa shape index (κ2) is 9.16. The molecule has 3 aromatic heterocycles. The summed E-state index contributed by atoms with van der Waals surface area (Å²) in [5, 5.41) is 25.5. The van der Waals surface area contributed by atoms with Crippen LogP contribution in [0.15, 0.2) is 18.3 Å². The summed E-state index contributed by atoms with van der Waals surface area (Å²) >= 11 is 0. The molecule has 3 N–H and O–H groups in total. The van der Waals surface area contributed by atoms with Crippen molar-refractivity contribution in [3.8, 4) is 6.07 Å². The summed E-state index contributed by atoms with van der Waals surface area (Å²) in [5.41, 5.74) is 0.0589. The zero-order valence-corrected chi connectivity index (χ0v) is 19.2. The number of ether oxygens (including phenoxy) is 3. The Labute approximate surface area is 205 Å². The molecule has 4 heterocycles. The lowest BCUT2D eigenvalue weighted by molar-refractivity contribution is -0.330. The highest BCUT2D eigenvalue weighted by atomic mass is 19.4. The predicted molar refractivity (Wildman–Crippen MR) is 115 cm³/mol. The number of nitriles is 1. The van der Waals surface area contributed by atoms with E-state index in [1.807, 2.05) is 13.0 Å². The van der Waals surface area contributed by atoms with Gasteiger partial charge in [0.15, 0.2) is 29.6 Å². The topological polar surface area (TPSA) is 151 Å². The summed E-state index contributed by atoms with van der Waals surface area (Å²) in [7, 11) is 0. The summed E-state index contributed by atoms with van der Waals surface area (Å²) < 4.78 is 67.8. The summed E-state index contributed by atoms with van der Waals surface area (Å²) in [6, 6.07) is 4.58. The second-order valence-corrected chi connectivity index (χ2v) is 8.95. The van der Waals surface area contributed by atoms with E-state index < -0.39 is 37.4 Å². The number of rotatable bonds is 7. The predicted octanol–water partition coefficient (Wildman–Crippen LogP) is 3.16. The van der Waals surface area contributed by atoms with E-state index in [-0.39, 0.29) is 46.4 Å². The molecule has 1 saturated heterocycles. The van der Waals surface area contributed by atoms with Crippen molar-refractivity contribution in [2.75, 3.05) is 11.9 Å². The second-order valence-electron chi connectivity index (χ2n) is 8.95.